The molecule has 3 aromatic rings. The Morgan fingerprint density at radius 1 is 1.06 bits per heavy atom. The smallest absolute Gasteiger partial charge is 0.236 e. The Bertz CT molecular complexity index is 1230. The Kier molecular flexibility index (Phi) is 5.29. The van der Waals surface area contributed by atoms with Gasteiger partial charge in [-0.05, 0) is 66.8 Å². The fourth-order valence-corrected chi connectivity index (χ4v) is 4.82. The molecule has 0 spiro atoms. The lowest BCUT2D eigenvalue weighted by molar-refractivity contribution is -0.118. The molecule has 0 unspecified atom stereocenters. The highest BCUT2D eigenvalue weighted by Gasteiger charge is 2.51. The number of carbonyl (C=O) groups is 1. The van der Waals surface area contributed by atoms with Crippen LogP contribution < -0.4 is 19.5 Å². The number of aromatic nitrogens is 1. The van der Waals surface area contributed by atoms with Gasteiger partial charge >= 0.3 is 0 Å². The minimum atomic E-state index is -2.99. The van der Waals surface area contributed by atoms with Crippen molar-refractivity contribution in [1.82, 2.24) is 9.71 Å². The normalized spacial score (nSPS) is 16.4. The Morgan fingerprint density at radius 2 is 1.79 bits per heavy atom. The molecule has 1 aliphatic carbocycles. The summed E-state index contributed by atoms with van der Waals surface area (Å²) < 4.78 is 33.3. The summed E-state index contributed by atoms with van der Waals surface area (Å²) in [5.41, 5.74) is 3.10. The molecule has 0 atom stereocenters. The van der Waals surface area contributed by atoms with Gasteiger partial charge in [0.1, 0.15) is 5.82 Å². The van der Waals surface area contributed by atoms with Crippen LogP contribution >= 0.6 is 10.8 Å². The Labute approximate surface area is 193 Å². The number of ether oxygens (including phenoxy) is 2. The largest absolute Gasteiger partial charge is 0.454 e. The summed E-state index contributed by atoms with van der Waals surface area (Å²) in [6.07, 6.45) is 3.26. The van der Waals surface area contributed by atoms with Crippen molar-refractivity contribution in [2.24, 2.45) is 0 Å². The van der Waals surface area contributed by atoms with Crippen LogP contribution in [0.15, 0.2) is 59.6 Å². The van der Waals surface area contributed by atoms with Gasteiger partial charge < -0.3 is 14.8 Å². The number of rotatable bonds is 6. The number of amides is 1. The molecule has 1 saturated carbocycles. The van der Waals surface area contributed by atoms with E-state index in [-0.39, 0.29) is 12.7 Å². The molecular weight excluding hydrogens is 442 g/mol. The molecule has 0 bridgehead atoms. The van der Waals surface area contributed by atoms with Crippen LogP contribution in [0.1, 0.15) is 24.0 Å². The molecule has 9 heteroatoms. The number of hydrogen-bond acceptors (Lipinski definition) is 7. The quantitative estimate of drug-likeness (QED) is 0.416. The van der Waals surface area contributed by atoms with E-state index in [0.717, 1.165) is 35.1 Å². The van der Waals surface area contributed by atoms with Crippen LogP contribution in [0.3, 0.4) is 0 Å². The van der Waals surface area contributed by atoms with Gasteiger partial charge in [0, 0.05) is 18.8 Å². The molecule has 1 aromatic heterocycles. The number of pyridine rings is 1. The van der Waals surface area contributed by atoms with E-state index in [1.165, 1.54) is 7.05 Å². The third kappa shape index (κ3) is 3.93. The third-order valence-electron chi connectivity index (χ3n) is 6.24. The van der Waals surface area contributed by atoms with Gasteiger partial charge in [-0.25, -0.2) is 9.71 Å². The molecule has 5 rings (SSSR count). The monoisotopic (exact) mass is 467 g/mol. The lowest BCUT2D eigenvalue weighted by Gasteiger charge is -2.31. The number of anilines is 1. The van der Waals surface area contributed by atoms with Crippen molar-refractivity contribution in [2.45, 2.75) is 30.1 Å². The second-order valence-corrected chi connectivity index (χ2v) is 10.2. The van der Waals surface area contributed by atoms with E-state index in [0.29, 0.717) is 22.2 Å². The zero-order valence-corrected chi connectivity index (χ0v) is 19.1. The first-order chi connectivity index (χ1) is 15.8. The van der Waals surface area contributed by atoms with Gasteiger partial charge in [0.25, 0.3) is 0 Å². The Morgan fingerprint density at radius 3 is 2.45 bits per heavy atom. The first kappa shape index (κ1) is 21.7. The van der Waals surface area contributed by atoms with Crippen molar-refractivity contribution in [3.63, 3.8) is 0 Å². The minimum Gasteiger partial charge on any atom is -0.454 e. The number of carbonyl (C=O) groups excluding carboxylic acids is 1. The molecule has 0 saturated heterocycles. The average Bonchev–Trinajstić information content (AvgIpc) is 3.50. The third-order valence-corrected chi connectivity index (χ3v) is 7.74. The highest BCUT2D eigenvalue weighted by molar-refractivity contribution is 8.22. The zero-order chi connectivity index (χ0) is 23.2. The molecule has 0 radical (unpaired) electrons. The van der Waals surface area contributed by atoms with Crippen LogP contribution in [-0.2, 0) is 10.2 Å². The van der Waals surface area contributed by atoms with Crippen molar-refractivity contribution in [3.8, 4) is 22.6 Å². The average molecular weight is 468 g/mol. The number of nitrogens with one attached hydrogen (secondary N) is 2. The Balaban J connectivity index is 1.33. The van der Waals surface area contributed by atoms with Gasteiger partial charge in [0.05, 0.1) is 10.3 Å². The van der Waals surface area contributed by atoms with Crippen LogP contribution in [-0.4, -0.2) is 33.8 Å². The number of hydrogen-bond donors (Lipinski definition) is 4. The molecule has 172 valence electrons. The summed E-state index contributed by atoms with van der Waals surface area (Å²) in [6.45, 7) is 2.15. The second-order valence-electron chi connectivity index (χ2n) is 8.27. The van der Waals surface area contributed by atoms with Crippen LogP contribution in [0.4, 0.5) is 5.82 Å². The van der Waals surface area contributed by atoms with Gasteiger partial charge in [-0.2, -0.15) is 0 Å². The lowest BCUT2D eigenvalue weighted by Crippen LogP contribution is -2.28. The molecule has 2 aromatic carbocycles. The molecule has 1 aliphatic heterocycles. The second kappa shape index (κ2) is 8.03. The van der Waals surface area contributed by atoms with E-state index < -0.39 is 16.2 Å². The molecular formula is C24H25N3O5S. The van der Waals surface area contributed by atoms with E-state index >= 15 is 0 Å². The molecule has 1 amide bonds. The van der Waals surface area contributed by atoms with Crippen molar-refractivity contribution >= 4 is 22.5 Å². The van der Waals surface area contributed by atoms with E-state index in [1.807, 2.05) is 43.3 Å². The van der Waals surface area contributed by atoms with Gasteiger partial charge in [0.15, 0.2) is 11.5 Å². The predicted molar refractivity (Wildman–Crippen MR) is 127 cm³/mol. The summed E-state index contributed by atoms with van der Waals surface area (Å²) in [4.78, 5) is 18.0. The maximum Gasteiger partial charge on any atom is 0.236 e. The van der Waals surface area contributed by atoms with Gasteiger partial charge in [-0.1, -0.05) is 18.2 Å². The highest BCUT2D eigenvalue weighted by Crippen LogP contribution is 2.51. The Hall–Kier alpha value is -3.11. The molecule has 2 heterocycles. The fraction of sp³-hybridized carbons (Fsp3) is 0.250. The van der Waals surface area contributed by atoms with E-state index in [1.54, 1.807) is 18.3 Å². The van der Waals surface area contributed by atoms with Crippen molar-refractivity contribution in [2.75, 3.05) is 19.2 Å². The van der Waals surface area contributed by atoms with Crippen molar-refractivity contribution < 1.29 is 23.4 Å². The van der Waals surface area contributed by atoms with Crippen molar-refractivity contribution in [1.29, 1.82) is 0 Å². The number of aryl methyl sites for hydroxylation is 1. The molecule has 33 heavy (non-hydrogen) atoms. The molecule has 2 aliphatic rings. The fourth-order valence-electron chi connectivity index (χ4n) is 4.07. The first-order valence-electron chi connectivity index (χ1n) is 10.6. The SMILES string of the molecule is CNS(O)(O)c1ccc(-c2cnc(NC(=O)C3(c4ccc5c(c4)OCO5)CC3)cc2C)cc1. The van der Waals surface area contributed by atoms with Gasteiger partial charge in [0.2, 0.25) is 12.7 Å². The molecule has 8 nitrogen and oxygen atoms in total. The van der Waals surface area contributed by atoms with E-state index in [2.05, 4.69) is 15.0 Å². The first-order valence-corrected chi connectivity index (χ1v) is 12.1. The van der Waals surface area contributed by atoms with Crippen LogP contribution in [0.5, 0.6) is 11.5 Å². The lowest BCUT2D eigenvalue weighted by atomic mass is 9.94. The number of benzene rings is 2. The van der Waals surface area contributed by atoms with E-state index in [9.17, 15) is 13.9 Å². The summed E-state index contributed by atoms with van der Waals surface area (Å²) in [5.74, 6) is 1.79. The van der Waals surface area contributed by atoms with Gasteiger partial charge in [-0.15, -0.1) is 10.8 Å². The summed E-state index contributed by atoms with van der Waals surface area (Å²) in [6, 6.07) is 14.5. The molecule has 1 fully saturated rings. The molecule has 4 N–H and O–H groups in total. The summed E-state index contributed by atoms with van der Waals surface area (Å²) >= 11 is 0. The number of fused-ring (bicyclic) bond motifs is 1. The topological polar surface area (TPSA) is 113 Å². The maximum absolute atomic E-state index is 13.1. The summed E-state index contributed by atoms with van der Waals surface area (Å²) in [5, 5.41) is 2.97. The maximum atomic E-state index is 13.1. The predicted octanol–water partition coefficient (Wildman–Crippen LogP) is 4.70. The van der Waals surface area contributed by atoms with Gasteiger partial charge in [-0.3, -0.25) is 13.9 Å². The van der Waals surface area contributed by atoms with Crippen LogP contribution in [0, 0.1) is 6.92 Å². The van der Waals surface area contributed by atoms with Crippen LogP contribution in [0.25, 0.3) is 11.1 Å². The number of nitrogens with zero attached hydrogens (tertiary/aromatic N) is 1. The van der Waals surface area contributed by atoms with Crippen LogP contribution in [0.2, 0.25) is 0 Å². The standard InChI is InChI=1S/C24H25N3O5S/c1-15-11-22(26-13-19(15)16-3-6-18(7-4-16)33(29,30)25-2)27-23(28)24(9-10-24)17-5-8-20-21(12-17)32-14-31-20/h3-8,11-13,25,29-30H,9-10,14H2,1-2H3,(H,26,27,28). The highest BCUT2D eigenvalue weighted by atomic mass is 32.3. The van der Waals surface area contributed by atoms with E-state index in [4.69, 9.17) is 9.47 Å². The minimum absolute atomic E-state index is 0.0809. The summed E-state index contributed by atoms with van der Waals surface area (Å²) in [7, 11) is -1.49. The van der Waals surface area contributed by atoms with Crippen molar-refractivity contribution in [3.05, 3.63) is 65.9 Å². The zero-order valence-electron chi connectivity index (χ0n) is 18.3.